The third-order valence-corrected chi connectivity index (χ3v) is 3.39. The molecule has 0 unspecified atom stereocenters. The van der Waals surface area contributed by atoms with Crippen molar-refractivity contribution in [3.05, 3.63) is 65.9 Å². The van der Waals surface area contributed by atoms with Gasteiger partial charge in [-0.15, -0.1) is 0 Å². The first-order chi connectivity index (χ1) is 10.2. The number of fused-ring (bicyclic) bond motifs is 1. The standard InChI is InChI=1S/C17H14N2O2.CH4/c1-11-5-2-3-7-14(11)19-17(21)13-9-8-12-6-4-10-18-15(12)16(13)20;/h2-10,20H,1H3,(H,19,21);1H4. The Morgan fingerprint density at radius 3 is 2.64 bits per heavy atom. The fraction of sp³-hybridized carbons (Fsp3) is 0.111. The number of hydrogen-bond acceptors (Lipinski definition) is 3. The first-order valence-corrected chi connectivity index (χ1v) is 6.60. The Kier molecular flexibility index (Phi) is 4.41. The van der Waals surface area contributed by atoms with Crippen molar-refractivity contribution in [2.24, 2.45) is 0 Å². The van der Waals surface area contributed by atoms with Crippen LogP contribution < -0.4 is 5.32 Å². The molecule has 0 atom stereocenters. The van der Waals surface area contributed by atoms with Crippen LogP contribution in [0.5, 0.6) is 5.75 Å². The van der Waals surface area contributed by atoms with Crippen molar-refractivity contribution in [3.63, 3.8) is 0 Å². The third kappa shape index (κ3) is 2.76. The molecule has 4 heteroatoms. The lowest BCUT2D eigenvalue weighted by molar-refractivity contribution is 0.102. The number of hydrogen-bond donors (Lipinski definition) is 2. The van der Waals surface area contributed by atoms with Crippen molar-refractivity contribution < 1.29 is 9.90 Å². The van der Waals surface area contributed by atoms with E-state index in [1.165, 1.54) is 0 Å². The minimum atomic E-state index is -0.352. The number of rotatable bonds is 2. The van der Waals surface area contributed by atoms with Gasteiger partial charge in [-0.1, -0.05) is 37.8 Å². The van der Waals surface area contributed by atoms with Crippen LogP contribution in [-0.4, -0.2) is 16.0 Å². The zero-order valence-corrected chi connectivity index (χ0v) is 11.5. The lowest BCUT2D eigenvalue weighted by Crippen LogP contribution is -2.13. The molecule has 0 fully saturated rings. The predicted molar refractivity (Wildman–Crippen MR) is 89.3 cm³/mol. The number of carbonyl (C=O) groups excluding carboxylic acids is 1. The quantitative estimate of drug-likeness (QED) is 0.746. The number of phenolic OH excluding ortho intramolecular Hbond substituents is 1. The molecule has 1 aromatic heterocycles. The SMILES string of the molecule is C.Cc1ccccc1NC(=O)c1ccc2cccnc2c1O. The van der Waals surface area contributed by atoms with E-state index in [9.17, 15) is 9.90 Å². The number of nitrogens with zero attached hydrogens (tertiary/aromatic N) is 1. The molecule has 3 rings (SSSR count). The number of carbonyl (C=O) groups is 1. The number of nitrogens with one attached hydrogen (secondary N) is 1. The summed E-state index contributed by atoms with van der Waals surface area (Å²) in [5.41, 5.74) is 2.33. The number of para-hydroxylation sites is 1. The summed E-state index contributed by atoms with van der Waals surface area (Å²) >= 11 is 0. The Balaban J connectivity index is 0.00000176. The number of aromatic nitrogens is 1. The highest BCUT2D eigenvalue weighted by Crippen LogP contribution is 2.27. The first kappa shape index (κ1) is 15.5. The second-order valence-corrected chi connectivity index (χ2v) is 4.81. The Labute approximate surface area is 129 Å². The van der Waals surface area contributed by atoms with E-state index in [-0.39, 0.29) is 24.6 Å². The minimum absolute atomic E-state index is 0. The van der Waals surface area contributed by atoms with Crippen LogP contribution in [0.1, 0.15) is 23.3 Å². The van der Waals surface area contributed by atoms with Gasteiger partial charge in [-0.05, 0) is 30.7 Å². The highest BCUT2D eigenvalue weighted by molar-refractivity contribution is 6.09. The average Bonchev–Trinajstić information content (AvgIpc) is 2.50. The van der Waals surface area contributed by atoms with E-state index in [2.05, 4.69) is 10.3 Å². The zero-order chi connectivity index (χ0) is 14.8. The van der Waals surface area contributed by atoms with Crippen LogP contribution in [0.2, 0.25) is 0 Å². The van der Waals surface area contributed by atoms with E-state index in [0.717, 1.165) is 16.6 Å². The van der Waals surface area contributed by atoms with Gasteiger partial charge in [-0.2, -0.15) is 0 Å². The molecule has 0 aliphatic carbocycles. The summed E-state index contributed by atoms with van der Waals surface area (Å²) in [7, 11) is 0. The maximum Gasteiger partial charge on any atom is 0.259 e. The van der Waals surface area contributed by atoms with E-state index in [1.807, 2.05) is 37.3 Å². The van der Waals surface area contributed by atoms with Gasteiger partial charge in [0, 0.05) is 17.3 Å². The smallest absolute Gasteiger partial charge is 0.259 e. The predicted octanol–water partition coefficient (Wildman–Crippen LogP) is 4.14. The Hall–Kier alpha value is -2.88. The molecule has 2 N–H and O–H groups in total. The van der Waals surface area contributed by atoms with Crippen LogP contribution in [0, 0.1) is 6.92 Å². The Morgan fingerprint density at radius 1 is 1.09 bits per heavy atom. The summed E-state index contributed by atoms with van der Waals surface area (Å²) in [6, 6.07) is 14.5. The van der Waals surface area contributed by atoms with Crippen molar-refractivity contribution in [1.29, 1.82) is 0 Å². The van der Waals surface area contributed by atoms with Crippen molar-refractivity contribution in [2.45, 2.75) is 14.4 Å². The second kappa shape index (κ2) is 6.26. The monoisotopic (exact) mass is 294 g/mol. The summed E-state index contributed by atoms with van der Waals surface area (Å²) < 4.78 is 0. The van der Waals surface area contributed by atoms with Gasteiger partial charge in [-0.3, -0.25) is 9.78 Å². The van der Waals surface area contributed by atoms with Gasteiger partial charge in [0.2, 0.25) is 0 Å². The molecule has 0 aliphatic heterocycles. The van der Waals surface area contributed by atoms with Crippen molar-refractivity contribution in [1.82, 2.24) is 4.98 Å². The highest BCUT2D eigenvalue weighted by Gasteiger charge is 2.15. The van der Waals surface area contributed by atoms with Gasteiger partial charge >= 0.3 is 0 Å². The fourth-order valence-corrected chi connectivity index (χ4v) is 2.22. The molecule has 1 heterocycles. The number of anilines is 1. The molecule has 1 amide bonds. The number of aromatic hydroxyl groups is 1. The number of phenols is 1. The molecule has 0 aliphatic rings. The molecule has 22 heavy (non-hydrogen) atoms. The molecule has 0 radical (unpaired) electrons. The number of aryl methyl sites for hydroxylation is 1. The van der Waals surface area contributed by atoms with Gasteiger partial charge < -0.3 is 10.4 Å². The number of benzene rings is 2. The van der Waals surface area contributed by atoms with Crippen molar-refractivity contribution in [3.8, 4) is 5.75 Å². The molecule has 2 aromatic carbocycles. The number of pyridine rings is 1. The average molecular weight is 294 g/mol. The Bertz CT molecular complexity index is 828. The van der Waals surface area contributed by atoms with Crippen LogP contribution in [0.4, 0.5) is 5.69 Å². The van der Waals surface area contributed by atoms with E-state index >= 15 is 0 Å². The van der Waals surface area contributed by atoms with Gasteiger partial charge in [0.15, 0.2) is 5.75 Å². The van der Waals surface area contributed by atoms with Crippen LogP contribution in [0.25, 0.3) is 10.9 Å². The van der Waals surface area contributed by atoms with Crippen LogP contribution >= 0.6 is 0 Å². The van der Waals surface area contributed by atoms with Crippen molar-refractivity contribution >= 4 is 22.5 Å². The van der Waals surface area contributed by atoms with Gasteiger partial charge in [0.25, 0.3) is 5.91 Å². The summed E-state index contributed by atoms with van der Waals surface area (Å²) in [5.74, 6) is -0.450. The van der Waals surface area contributed by atoms with Gasteiger partial charge in [0.1, 0.15) is 5.52 Å². The molecular formula is C18H18N2O2. The number of amides is 1. The van der Waals surface area contributed by atoms with E-state index in [1.54, 1.807) is 24.4 Å². The van der Waals surface area contributed by atoms with E-state index in [4.69, 9.17) is 0 Å². The van der Waals surface area contributed by atoms with Crippen LogP contribution in [0.3, 0.4) is 0 Å². The largest absolute Gasteiger partial charge is 0.505 e. The molecule has 3 aromatic rings. The normalized spacial score (nSPS) is 10.0. The fourth-order valence-electron chi connectivity index (χ4n) is 2.22. The first-order valence-electron chi connectivity index (χ1n) is 6.60. The molecular weight excluding hydrogens is 276 g/mol. The molecule has 4 nitrogen and oxygen atoms in total. The minimum Gasteiger partial charge on any atom is -0.505 e. The highest BCUT2D eigenvalue weighted by atomic mass is 16.3. The lowest BCUT2D eigenvalue weighted by Gasteiger charge is -2.10. The summed E-state index contributed by atoms with van der Waals surface area (Å²) in [6.07, 6.45) is 1.59. The second-order valence-electron chi connectivity index (χ2n) is 4.81. The van der Waals surface area contributed by atoms with Crippen LogP contribution in [-0.2, 0) is 0 Å². The van der Waals surface area contributed by atoms with Crippen LogP contribution in [0.15, 0.2) is 54.7 Å². The maximum absolute atomic E-state index is 12.3. The molecule has 0 saturated carbocycles. The zero-order valence-electron chi connectivity index (χ0n) is 11.5. The summed E-state index contributed by atoms with van der Waals surface area (Å²) in [5, 5.41) is 13.8. The molecule has 0 bridgehead atoms. The molecule has 0 saturated heterocycles. The summed E-state index contributed by atoms with van der Waals surface area (Å²) in [4.78, 5) is 16.5. The molecule has 0 spiro atoms. The summed E-state index contributed by atoms with van der Waals surface area (Å²) in [6.45, 7) is 1.91. The topological polar surface area (TPSA) is 62.2 Å². The molecule has 112 valence electrons. The van der Waals surface area contributed by atoms with Gasteiger partial charge in [-0.25, -0.2) is 0 Å². The lowest BCUT2D eigenvalue weighted by atomic mass is 10.1. The van der Waals surface area contributed by atoms with E-state index < -0.39 is 0 Å². The van der Waals surface area contributed by atoms with E-state index in [0.29, 0.717) is 5.52 Å². The third-order valence-electron chi connectivity index (χ3n) is 3.39. The maximum atomic E-state index is 12.3. The Morgan fingerprint density at radius 2 is 1.86 bits per heavy atom. The van der Waals surface area contributed by atoms with Crippen molar-refractivity contribution in [2.75, 3.05) is 5.32 Å². The van der Waals surface area contributed by atoms with Gasteiger partial charge in [0.05, 0.1) is 5.56 Å².